The van der Waals surface area contributed by atoms with E-state index in [1.165, 1.54) is 0 Å². The monoisotopic (exact) mass is 429 g/mol. The molecule has 28 heavy (non-hydrogen) atoms. The molecule has 0 bridgehead atoms. The average Bonchev–Trinajstić information content (AvgIpc) is 3.46. The molecule has 2 aromatic rings. The fourth-order valence-electron chi connectivity index (χ4n) is 3.98. The summed E-state index contributed by atoms with van der Waals surface area (Å²) in [4.78, 5) is 32.2. The van der Waals surface area contributed by atoms with Gasteiger partial charge in [0, 0.05) is 31.7 Å². The minimum absolute atomic E-state index is 0. The number of amides is 1. The first-order valence-electron chi connectivity index (χ1n) is 9.62. The zero-order valence-electron chi connectivity index (χ0n) is 16.4. The molecule has 0 unspecified atom stereocenters. The lowest BCUT2D eigenvalue weighted by Gasteiger charge is -2.32. The zero-order valence-corrected chi connectivity index (χ0v) is 18.0. The van der Waals surface area contributed by atoms with E-state index in [1.807, 2.05) is 18.0 Å². The van der Waals surface area contributed by atoms with Gasteiger partial charge in [-0.3, -0.25) is 19.4 Å². The number of piperidine rings is 1. The largest absolute Gasteiger partial charge is 0.339 e. The van der Waals surface area contributed by atoms with Crippen LogP contribution in [0.4, 0.5) is 0 Å². The number of aromatic nitrogens is 3. The average molecular weight is 430 g/mol. The fraction of sp³-hybridized carbons (Fsp3) is 0.632. The molecule has 156 valence electrons. The number of carbonyl (C=O) groups excluding carboxylic acids is 1. The van der Waals surface area contributed by atoms with Gasteiger partial charge in [-0.2, -0.15) is 0 Å². The lowest BCUT2D eigenvalue weighted by Crippen LogP contribution is -2.39. The number of aromatic amines is 1. The van der Waals surface area contributed by atoms with E-state index in [-0.39, 0.29) is 36.3 Å². The summed E-state index contributed by atoms with van der Waals surface area (Å²) in [6, 6.07) is 1.87. The number of hydrogen-bond donors (Lipinski definition) is 2. The molecule has 0 aromatic carbocycles. The summed E-state index contributed by atoms with van der Waals surface area (Å²) in [5.74, 6) is 1.08. The molecule has 9 heteroatoms. The number of aryl methyl sites for hydroxylation is 1. The summed E-state index contributed by atoms with van der Waals surface area (Å²) >= 11 is 0. The van der Waals surface area contributed by atoms with Crippen LogP contribution in [0.25, 0.3) is 11.0 Å². The molecule has 1 saturated carbocycles. The number of rotatable bonds is 5. The van der Waals surface area contributed by atoms with Gasteiger partial charge in [0.05, 0.1) is 10.9 Å². The van der Waals surface area contributed by atoms with Crippen LogP contribution >= 0.6 is 24.8 Å². The maximum atomic E-state index is 13.2. The maximum Gasteiger partial charge on any atom is 0.274 e. The highest BCUT2D eigenvalue weighted by atomic mass is 35.5. The summed E-state index contributed by atoms with van der Waals surface area (Å²) in [6.45, 7) is 2.55. The highest BCUT2D eigenvalue weighted by Crippen LogP contribution is 2.40. The van der Waals surface area contributed by atoms with Crippen molar-refractivity contribution in [3.8, 4) is 0 Å². The highest BCUT2D eigenvalue weighted by Gasteiger charge is 2.31. The molecule has 7 nitrogen and oxygen atoms in total. The van der Waals surface area contributed by atoms with Crippen LogP contribution in [-0.4, -0.2) is 52.3 Å². The minimum atomic E-state index is -0.232. The first-order chi connectivity index (χ1) is 12.6. The zero-order chi connectivity index (χ0) is 18.3. The molecule has 0 radical (unpaired) electrons. The van der Waals surface area contributed by atoms with Crippen LogP contribution in [0.3, 0.4) is 0 Å². The molecule has 2 aromatic heterocycles. The number of nitrogens with zero attached hydrogens (tertiary/aromatic N) is 3. The Labute approximate surface area is 177 Å². The molecule has 4 rings (SSSR count). The van der Waals surface area contributed by atoms with E-state index in [4.69, 9.17) is 0 Å². The van der Waals surface area contributed by atoms with Crippen molar-refractivity contribution in [1.29, 1.82) is 0 Å². The van der Waals surface area contributed by atoms with E-state index in [0.717, 1.165) is 57.4 Å². The molecular weight excluding hydrogens is 401 g/mol. The molecule has 3 heterocycles. The van der Waals surface area contributed by atoms with Gasteiger partial charge in [0.15, 0.2) is 5.65 Å². The Balaban J connectivity index is 0.00000140. The van der Waals surface area contributed by atoms with Gasteiger partial charge in [0.1, 0.15) is 0 Å². The summed E-state index contributed by atoms with van der Waals surface area (Å²) < 4.78 is 1.63. The van der Waals surface area contributed by atoms with Crippen molar-refractivity contribution in [2.75, 3.05) is 26.7 Å². The van der Waals surface area contributed by atoms with Crippen molar-refractivity contribution in [3.05, 3.63) is 27.7 Å². The first-order valence-corrected chi connectivity index (χ1v) is 9.62. The topological polar surface area (TPSA) is 83.0 Å². The van der Waals surface area contributed by atoms with Crippen LogP contribution in [0, 0.1) is 5.92 Å². The molecule has 1 aliphatic heterocycles. The highest BCUT2D eigenvalue weighted by molar-refractivity contribution is 6.05. The van der Waals surface area contributed by atoms with Gasteiger partial charge in [-0.05, 0) is 57.7 Å². The second kappa shape index (κ2) is 9.29. The fourth-order valence-corrected chi connectivity index (χ4v) is 3.98. The van der Waals surface area contributed by atoms with E-state index in [9.17, 15) is 9.59 Å². The third-order valence-corrected chi connectivity index (χ3v) is 5.76. The van der Waals surface area contributed by atoms with Crippen LogP contribution in [-0.2, 0) is 7.05 Å². The molecule has 0 spiro atoms. The molecule has 0 atom stereocenters. The van der Waals surface area contributed by atoms with E-state index >= 15 is 0 Å². The second-order valence-corrected chi connectivity index (χ2v) is 7.70. The van der Waals surface area contributed by atoms with Crippen LogP contribution in [0.2, 0.25) is 0 Å². The molecule has 2 aliphatic rings. The van der Waals surface area contributed by atoms with Crippen LogP contribution in [0.15, 0.2) is 10.9 Å². The number of fused-ring (bicyclic) bond motifs is 1. The number of pyridine rings is 1. The van der Waals surface area contributed by atoms with E-state index in [2.05, 4.69) is 15.4 Å². The van der Waals surface area contributed by atoms with Crippen molar-refractivity contribution in [1.82, 2.24) is 25.0 Å². The number of carbonyl (C=O) groups is 1. The van der Waals surface area contributed by atoms with Crippen LogP contribution in [0.5, 0.6) is 0 Å². The van der Waals surface area contributed by atoms with Gasteiger partial charge >= 0.3 is 0 Å². The lowest BCUT2D eigenvalue weighted by atomic mass is 9.93. The number of likely N-dealkylation sites (tertiary alicyclic amines) is 1. The smallest absolute Gasteiger partial charge is 0.274 e. The van der Waals surface area contributed by atoms with E-state index in [1.54, 1.807) is 11.7 Å². The van der Waals surface area contributed by atoms with Gasteiger partial charge in [-0.25, -0.2) is 4.98 Å². The van der Waals surface area contributed by atoms with Crippen LogP contribution in [0.1, 0.15) is 54.1 Å². The molecule has 1 aliphatic carbocycles. The number of H-pyrrole nitrogens is 1. The summed E-state index contributed by atoms with van der Waals surface area (Å²) in [5, 5.41) is 6.38. The van der Waals surface area contributed by atoms with Gasteiger partial charge in [0.25, 0.3) is 11.5 Å². The second-order valence-electron chi connectivity index (χ2n) is 7.70. The van der Waals surface area contributed by atoms with Crippen molar-refractivity contribution in [3.63, 3.8) is 0 Å². The Morgan fingerprint density at radius 1 is 1.25 bits per heavy atom. The Morgan fingerprint density at radius 2 is 1.93 bits per heavy atom. The molecule has 1 saturated heterocycles. The van der Waals surface area contributed by atoms with Crippen molar-refractivity contribution in [2.45, 2.75) is 38.0 Å². The SMILES string of the molecule is CNCCC1CCN(C(=O)c2cc(C3CC3)nc3c2c(=O)[nH]n3C)CC1.Cl.Cl. The molecular formula is C19H29Cl2N5O2. The number of hydrogen-bond acceptors (Lipinski definition) is 4. The number of nitrogens with one attached hydrogen (secondary N) is 2. The summed E-state index contributed by atoms with van der Waals surface area (Å²) in [5.41, 5.74) is 1.82. The predicted molar refractivity (Wildman–Crippen MR) is 115 cm³/mol. The van der Waals surface area contributed by atoms with Gasteiger partial charge in [-0.15, -0.1) is 24.8 Å². The lowest BCUT2D eigenvalue weighted by molar-refractivity contribution is 0.0689. The number of halogens is 2. The standard InChI is InChI=1S/C19H27N5O2.2ClH/c1-20-8-5-12-6-9-24(10-7-12)19(26)14-11-15(13-3-4-13)21-17-16(14)18(25)22-23(17)2;;/h11-13,20H,3-10H2,1-2H3,(H,22,25);2*1H. The maximum absolute atomic E-state index is 13.2. The van der Waals surface area contributed by atoms with E-state index < -0.39 is 0 Å². The summed E-state index contributed by atoms with van der Waals surface area (Å²) in [7, 11) is 3.75. The quantitative estimate of drug-likeness (QED) is 0.764. The van der Waals surface area contributed by atoms with Crippen molar-refractivity contribution >= 4 is 41.8 Å². The third-order valence-electron chi connectivity index (χ3n) is 5.76. The third kappa shape index (κ3) is 4.36. The first kappa shape index (κ1) is 22.7. The summed E-state index contributed by atoms with van der Waals surface area (Å²) in [6.07, 6.45) is 5.44. The van der Waals surface area contributed by atoms with Gasteiger partial charge in [-0.1, -0.05) is 0 Å². The normalized spacial score (nSPS) is 17.3. The Morgan fingerprint density at radius 3 is 2.54 bits per heavy atom. The van der Waals surface area contributed by atoms with Crippen LogP contribution < -0.4 is 10.9 Å². The van der Waals surface area contributed by atoms with Crippen molar-refractivity contribution < 1.29 is 4.79 Å². The molecule has 1 amide bonds. The predicted octanol–water partition coefficient (Wildman–Crippen LogP) is 2.44. The Kier molecular flexibility index (Phi) is 7.53. The molecule has 2 fully saturated rings. The van der Waals surface area contributed by atoms with Gasteiger partial charge < -0.3 is 10.2 Å². The van der Waals surface area contributed by atoms with Gasteiger partial charge in [0.2, 0.25) is 0 Å². The Hall–Kier alpha value is -1.57. The minimum Gasteiger partial charge on any atom is -0.339 e. The molecule has 2 N–H and O–H groups in total. The Bertz CT molecular complexity index is 882. The van der Waals surface area contributed by atoms with Crippen molar-refractivity contribution in [2.24, 2.45) is 13.0 Å². The van der Waals surface area contributed by atoms with E-state index in [0.29, 0.717) is 28.4 Å².